The number of amides is 1. The first-order valence-corrected chi connectivity index (χ1v) is 9.47. The Balaban J connectivity index is 1.80. The molecule has 10 heteroatoms. The van der Waals surface area contributed by atoms with Crippen molar-refractivity contribution in [3.8, 4) is 5.75 Å². The number of hydrogen-bond acceptors (Lipinski definition) is 5. The molecule has 0 spiro atoms. The van der Waals surface area contributed by atoms with E-state index in [1.165, 1.54) is 25.3 Å². The minimum Gasteiger partial charge on any atom is -0.494 e. The number of piperazine rings is 1. The average molecular weight is 445 g/mol. The predicted molar refractivity (Wildman–Crippen MR) is 109 cm³/mol. The van der Waals surface area contributed by atoms with Crippen LogP contribution >= 0.6 is 34.8 Å². The van der Waals surface area contributed by atoms with Gasteiger partial charge in [-0.1, -0.05) is 40.9 Å². The Morgan fingerprint density at radius 2 is 1.79 bits per heavy atom. The zero-order valence-corrected chi connectivity index (χ0v) is 17.1. The van der Waals surface area contributed by atoms with Crippen molar-refractivity contribution < 1.29 is 14.5 Å². The van der Waals surface area contributed by atoms with E-state index in [0.717, 1.165) is 0 Å². The van der Waals surface area contributed by atoms with Gasteiger partial charge in [-0.2, -0.15) is 0 Å². The summed E-state index contributed by atoms with van der Waals surface area (Å²) in [5, 5.41) is 12.2. The average Bonchev–Trinajstić information content (AvgIpc) is 2.66. The Bertz CT molecular complexity index is 931. The number of carbonyl (C=O) groups excluding carboxylic acids is 1. The van der Waals surface area contributed by atoms with E-state index in [9.17, 15) is 14.9 Å². The Morgan fingerprint density at radius 1 is 1.11 bits per heavy atom. The molecule has 0 aliphatic carbocycles. The Morgan fingerprint density at radius 3 is 2.39 bits per heavy atom. The fraction of sp³-hybridized carbons (Fsp3) is 0.278. The zero-order valence-electron chi connectivity index (χ0n) is 14.8. The van der Waals surface area contributed by atoms with E-state index >= 15 is 0 Å². The summed E-state index contributed by atoms with van der Waals surface area (Å²) in [6.07, 6.45) is 0. The van der Waals surface area contributed by atoms with Gasteiger partial charge < -0.3 is 14.5 Å². The number of anilines is 1. The van der Waals surface area contributed by atoms with Crippen LogP contribution in [0, 0.1) is 10.1 Å². The van der Waals surface area contributed by atoms with Crippen molar-refractivity contribution in [2.24, 2.45) is 0 Å². The van der Waals surface area contributed by atoms with Crippen LogP contribution < -0.4 is 9.64 Å². The molecule has 2 aromatic rings. The normalized spacial score (nSPS) is 14.1. The van der Waals surface area contributed by atoms with Gasteiger partial charge in [-0.15, -0.1) is 0 Å². The summed E-state index contributed by atoms with van der Waals surface area (Å²) in [4.78, 5) is 27.3. The molecule has 1 saturated heterocycles. The molecule has 1 aliphatic rings. The van der Waals surface area contributed by atoms with Gasteiger partial charge in [0.2, 0.25) is 0 Å². The molecular formula is C18H16Cl3N3O4. The Hall–Kier alpha value is -2.22. The van der Waals surface area contributed by atoms with Crippen LogP contribution in [0.15, 0.2) is 30.3 Å². The lowest BCUT2D eigenvalue weighted by atomic mass is 10.1. The van der Waals surface area contributed by atoms with Crippen LogP contribution in [0.25, 0.3) is 0 Å². The maximum Gasteiger partial charge on any atom is 0.294 e. The lowest BCUT2D eigenvalue weighted by molar-refractivity contribution is -0.384. The van der Waals surface area contributed by atoms with Crippen molar-refractivity contribution in [3.05, 3.63) is 61.1 Å². The molecule has 1 amide bonds. The number of nitro benzene ring substituents is 1. The summed E-state index contributed by atoms with van der Waals surface area (Å²) in [5.41, 5.74) is 0.581. The fourth-order valence-electron chi connectivity index (χ4n) is 3.19. The number of carbonyl (C=O) groups is 1. The standard InChI is InChI=1S/C18H16Cl3N3O4/c1-28-17-12(9-11(19)10-14(17)21)18(25)23-7-5-22(6-8-23)16-13(20)3-2-4-15(16)24(26)27/h2-4,9-10H,5-8H2,1H3. The third-order valence-electron chi connectivity index (χ3n) is 4.49. The number of nitrogens with zero attached hydrogens (tertiary/aromatic N) is 3. The third-order valence-corrected chi connectivity index (χ3v) is 5.29. The molecule has 0 bridgehead atoms. The second-order valence-electron chi connectivity index (χ2n) is 6.11. The third kappa shape index (κ3) is 3.97. The second-order valence-corrected chi connectivity index (χ2v) is 7.36. The molecule has 28 heavy (non-hydrogen) atoms. The van der Waals surface area contributed by atoms with Gasteiger partial charge in [-0.25, -0.2) is 0 Å². The quantitative estimate of drug-likeness (QED) is 0.512. The van der Waals surface area contributed by atoms with Crippen molar-refractivity contribution in [2.45, 2.75) is 0 Å². The monoisotopic (exact) mass is 443 g/mol. The van der Waals surface area contributed by atoms with Crippen LogP contribution in [-0.2, 0) is 0 Å². The number of methoxy groups -OCH3 is 1. The molecule has 2 aromatic carbocycles. The van der Waals surface area contributed by atoms with Crippen molar-refractivity contribution in [1.29, 1.82) is 0 Å². The number of hydrogen-bond donors (Lipinski definition) is 0. The van der Waals surface area contributed by atoms with E-state index in [2.05, 4.69) is 0 Å². The lowest BCUT2D eigenvalue weighted by Crippen LogP contribution is -2.49. The Labute approximate surface area is 176 Å². The van der Waals surface area contributed by atoms with Crippen molar-refractivity contribution in [1.82, 2.24) is 4.90 Å². The summed E-state index contributed by atoms with van der Waals surface area (Å²) in [5.74, 6) is -0.00482. The first kappa shape index (κ1) is 20.5. The highest BCUT2D eigenvalue weighted by Gasteiger charge is 2.29. The Kier molecular flexibility index (Phi) is 6.17. The highest BCUT2D eigenvalue weighted by molar-refractivity contribution is 6.36. The SMILES string of the molecule is COc1c(Cl)cc(Cl)cc1C(=O)N1CCN(c2c(Cl)cccc2[N+](=O)[O-])CC1. The molecule has 0 N–H and O–H groups in total. The van der Waals surface area contributed by atoms with E-state index in [1.807, 2.05) is 4.90 Å². The molecule has 0 atom stereocenters. The topological polar surface area (TPSA) is 75.9 Å². The molecule has 0 saturated carbocycles. The summed E-state index contributed by atoms with van der Waals surface area (Å²) < 4.78 is 5.25. The number of benzene rings is 2. The number of rotatable bonds is 4. The van der Waals surface area contributed by atoms with Gasteiger partial charge in [0.1, 0.15) is 11.4 Å². The minimum atomic E-state index is -0.461. The molecule has 3 rings (SSSR count). The molecule has 1 fully saturated rings. The van der Waals surface area contributed by atoms with Crippen LogP contribution in [-0.4, -0.2) is 49.0 Å². The van der Waals surface area contributed by atoms with E-state index in [-0.39, 0.29) is 27.9 Å². The van der Waals surface area contributed by atoms with Crippen molar-refractivity contribution in [3.63, 3.8) is 0 Å². The predicted octanol–water partition coefficient (Wildman–Crippen LogP) is 4.53. The summed E-state index contributed by atoms with van der Waals surface area (Å²) >= 11 is 18.4. The second kappa shape index (κ2) is 8.43. The highest BCUT2D eigenvalue weighted by atomic mass is 35.5. The molecule has 1 aliphatic heterocycles. The number of ether oxygens (including phenoxy) is 1. The molecule has 0 radical (unpaired) electrons. The van der Waals surface area contributed by atoms with Crippen LogP contribution in [0.1, 0.15) is 10.4 Å². The summed E-state index contributed by atoms with van der Waals surface area (Å²) in [7, 11) is 1.43. The molecule has 7 nitrogen and oxygen atoms in total. The zero-order chi connectivity index (χ0) is 20.4. The number of nitro groups is 1. The first-order valence-electron chi connectivity index (χ1n) is 8.33. The van der Waals surface area contributed by atoms with Gasteiger partial charge in [-0.3, -0.25) is 14.9 Å². The summed E-state index contributed by atoms with van der Waals surface area (Å²) in [6, 6.07) is 7.59. The molecule has 0 aromatic heterocycles. The molecular weight excluding hydrogens is 429 g/mol. The van der Waals surface area contributed by atoms with Gasteiger partial charge >= 0.3 is 0 Å². The van der Waals surface area contributed by atoms with E-state index in [4.69, 9.17) is 39.5 Å². The lowest BCUT2D eigenvalue weighted by Gasteiger charge is -2.36. The van der Waals surface area contributed by atoms with Gasteiger partial charge in [0.15, 0.2) is 0 Å². The largest absolute Gasteiger partial charge is 0.494 e. The van der Waals surface area contributed by atoms with Gasteiger partial charge in [-0.05, 0) is 18.2 Å². The maximum atomic E-state index is 12.9. The van der Waals surface area contributed by atoms with Crippen molar-refractivity contribution >= 4 is 52.1 Å². The van der Waals surface area contributed by atoms with Crippen LogP contribution in [0.5, 0.6) is 5.75 Å². The molecule has 0 unspecified atom stereocenters. The smallest absolute Gasteiger partial charge is 0.294 e. The highest BCUT2D eigenvalue weighted by Crippen LogP contribution is 2.37. The van der Waals surface area contributed by atoms with E-state index in [0.29, 0.717) is 41.9 Å². The maximum absolute atomic E-state index is 12.9. The summed E-state index contributed by atoms with van der Waals surface area (Å²) in [6.45, 7) is 1.50. The minimum absolute atomic E-state index is 0.0597. The van der Waals surface area contributed by atoms with Gasteiger partial charge in [0.05, 0.1) is 27.6 Å². The van der Waals surface area contributed by atoms with Crippen LogP contribution in [0.4, 0.5) is 11.4 Å². The van der Waals surface area contributed by atoms with E-state index < -0.39 is 4.92 Å². The van der Waals surface area contributed by atoms with Gasteiger partial charge in [0, 0.05) is 37.3 Å². The fourth-order valence-corrected chi connectivity index (χ4v) is 4.05. The van der Waals surface area contributed by atoms with Crippen LogP contribution in [0.2, 0.25) is 15.1 Å². The van der Waals surface area contributed by atoms with E-state index in [1.54, 1.807) is 17.0 Å². The number of halogens is 3. The first-order chi connectivity index (χ1) is 13.3. The number of para-hydroxylation sites is 1. The molecule has 148 valence electrons. The molecule has 1 heterocycles. The van der Waals surface area contributed by atoms with Gasteiger partial charge in [0.25, 0.3) is 11.6 Å². The van der Waals surface area contributed by atoms with Crippen LogP contribution in [0.3, 0.4) is 0 Å². The van der Waals surface area contributed by atoms with Crippen molar-refractivity contribution in [2.75, 3.05) is 38.2 Å².